The Morgan fingerprint density at radius 3 is 2.52 bits per heavy atom. The van der Waals surface area contributed by atoms with Crippen molar-refractivity contribution in [2.24, 2.45) is 0 Å². The third-order valence-electron chi connectivity index (χ3n) is 9.19. The van der Waals surface area contributed by atoms with Crippen molar-refractivity contribution in [1.82, 2.24) is 9.88 Å². The maximum atomic E-state index is 11.5. The average molecular weight is 615 g/mol. The minimum Gasteiger partial charge on any atom is -0.494 e. The molecule has 232 valence electrons. The summed E-state index contributed by atoms with van der Waals surface area (Å²) in [6.45, 7) is 12.9. The molecule has 44 heavy (non-hydrogen) atoms. The summed E-state index contributed by atoms with van der Waals surface area (Å²) in [4.78, 5) is 16.9. The first-order valence-electron chi connectivity index (χ1n) is 15.4. The van der Waals surface area contributed by atoms with Gasteiger partial charge < -0.3 is 19.3 Å². The van der Waals surface area contributed by atoms with Gasteiger partial charge in [-0.3, -0.25) is 14.7 Å². The first kappa shape index (κ1) is 30.4. The van der Waals surface area contributed by atoms with Crippen molar-refractivity contribution >= 4 is 11.3 Å². The summed E-state index contributed by atoms with van der Waals surface area (Å²) < 4.78 is 20.0. The minimum atomic E-state index is -0.446. The Balaban J connectivity index is 1.23. The summed E-state index contributed by atoms with van der Waals surface area (Å²) in [6.07, 6.45) is 2.41. The Labute approximate surface area is 263 Å². The van der Waals surface area contributed by atoms with Gasteiger partial charge in [0.1, 0.15) is 29.9 Å². The van der Waals surface area contributed by atoms with Crippen LogP contribution < -0.4 is 14.3 Å². The molecule has 7 nitrogen and oxygen atoms in total. The Morgan fingerprint density at radius 2 is 1.82 bits per heavy atom. The molecule has 1 unspecified atom stereocenters. The van der Waals surface area contributed by atoms with Crippen molar-refractivity contribution in [1.29, 1.82) is 0 Å². The fourth-order valence-corrected chi connectivity index (χ4v) is 7.57. The van der Waals surface area contributed by atoms with Gasteiger partial charge in [0.15, 0.2) is 0 Å². The predicted molar refractivity (Wildman–Crippen MR) is 174 cm³/mol. The SMILES string of the molecule is Cc1cc(C)c2c(c1C)OC(C)(C)[C@H]2C(OCc1ccccc1)N1CCC[C@@H]1COc1ccc(Cc2sc(=O)[nH]c2O)cc1. The first-order chi connectivity index (χ1) is 21.1. The van der Waals surface area contributed by atoms with Crippen LogP contribution >= 0.6 is 11.3 Å². The molecule has 8 heteroatoms. The highest BCUT2D eigenvalue weighted by Crippen LogP contribution is 2.52. The Hall–Kier alpha value is -3.59. The molecule has 0 saturated carbocycles. The van der Waals surface area contributed by atoms with E-state index >= 15 is 0 Å². The zero-order chi connectivity index (χ0) is 31.0. The smallest absolute Gasteiger partial charge is 0.307 e. The van der Waals surface area contributed by atoms with Gasteiger partial charge in [-0.1, -0.05) is 59.9 Å². The third kappa shape index (κ3) is 6.16. The summed E-state index contributed by atoms with van der Waals surface area (Å²) in [6, 6.07) is 20.8. The number of hydrogen-bond donors (Lipinski definition) is 2. The van der Waals surface area contributed by atoms with Gasteiger partial charge >= 0.3 is 4.87 Å². The second-order valence-electron chi connectivity index (χ2n) is 12.7. The summed E-state index contributed by atoms with van der Waals surface area (Å²) in [5, 5.41) is 9.94. The summed E-state index contributed by atoms with van der Waals surface area (Å²) >= 11 is 1.04. The number of aromatic amines is 1. The van der Waals surface area contributed by atoms with Gasteiger partial charge in [0.2, 0.25) is 5.88 Å². The van der Waals surface area contributed by atoms with Crippen LogP contribution in [0.4, 0.5) is 0 Å². The quantitative estimate of drug-likeness (QED) is 0.200. The lowest BCUT2D eigenvalue weighted by atomic mass is 9.81. The molecule has 0 aliphatic carbocycles. The number of aromatic hydroxyl groups is 1. The van der Waals surface area contributed by atoms with E-state index in [-0.39, 0.29) is 28.9 Å². The molecule has 2 aliphatic heterocycles. The molecule has 4 aromatic rings. The van der Waals surface area contributed by atoms with Crippen molar-refractivity contribution in [3.63, 3.8) is 0 Å². The number of fused-ring (bicyclic) bond motifs is 1. The number of H-pyrrole nitrogens is 1. The van der Waals surface area contributed by atoms with E-state index in [1.807, 2.05) is 30.3 Å². The van der Waals surface area contributed by atoms with E-state index in [0.29, 0.717) is 24.5 Å². The first-order valence-corrected chi connectivity index (χ1v) is 16.3. The number of likely N-dealkylation sites (tertiary alicyclic amines) is 1. The monoisotopic (exact) mass is 614 g/mol. The Morgan fingerprint density at radius 1 is 1.07 bits per heavy atom. The summed E-state index contributed by atoms with van der Waals surface area (Å²) in [5.41, 5.74) is 6.67. The number of nitrogens with one attached hydrogen (secondary N) is 1. The Kier molecular flexibility index (Phi) is 8.59. The molecule has 3 heterocycles. The van der Waals surface area contributed by atoms with Crippen LogP contribution in [0, 0.1) is 20.8 Å². The van der Waals surface area contributed by atoms with Gasteiger partial charge in [-0.15, -0.1) is 0 Å². The highest BCUT2D eigenvalue weighted by Gasteiger charge is 2.51. The van der Waals surface area contributed by atoms with Gasteiger partial charge in [-0.25, -0.2) is 0 Å². The molecule has 2 N–H and O–H groups in total. The summed E-state index contributed by atoms with van der Waals surface area (Å²) in [5.74, 6) is 1.79. The second-order valence-corrected chi connectivity index (χ2v) is 13.8. The number of thiazole rings is 1. The zero-order valence-corrected chi connectivity index (χ0v) is 27.0. The van der Waals surface area contributed by atoms with Crippen LogP contribution in [0.25, 0.3) is 0 Å². The molecule has 0 amide bonds. The van der Waals surface area contributed by atoms with Gasteiger partial charge in [0.25, 0.3) is 0 Å². The van der Waals surface area contributed by atoms with Gasteiger partial charge in [0.05, 0.1) is 17.4 Å². The van der Waals surface area contributed by atoms with E-state index in [0.717, 1.165) is 53.3 Å². The molecule has 6 rings (SSSR count). The maximum Gasteiger partial charge on any atom is 0.307 e. The standard InChI is InChI=1S/C36H42N2O5S/c1-22-18-23(2)30-31(36(4,5)43-32(30)24(22)3)34(42-20-26-10-7-6-8-11-26)38-17-9-12-27(38)21-41-28-15-13-25(14-16-28)19-29-33(39)37-35(40)44-29/h6-8,10-11,13-16,18,27,31,34,39H,9,12,17,19-21H2,1-5H3,(H,37,40)/t27-,31-,34?/m1/s1. The highest BCUT2D eigenvalue weighted by molar-refractivity contribution is 7.09. The molecule has 0 radical (unpaired) electrons. The van der Waals surface area contributed by atoms with Crippen LogP contribution in [0.1, 0.15) is 70.9 Å². The highest BCUT2D eigenvalue weighted by atomic mass is 32.1. The molecule has 0 bridgehead atoms. The number of nitrogens with zero attached hydrogens (tertiary/aromatic N) is 1. The van der Waals surface area contributed by atoms with Crippen LogP contribution in [-0.2, 0) is 17.8 Å². The molecular weight excluding hydrogens is 572 g/mol. The van der Waals surface area contributed by atoms with Crippen molar-refractivity contribution < 1.29 is 19.3 Å². The van der Waals surface area contributed by atoms with E-state index in [2.05, 4.69) is 74.8 Å². The molecule has 0 spiro atoms. The third-order valence-corrected chi connectivity index (χ3v) is 10.1. The van der Waals surface area contributed by atoms with Crippen molar-refractivity contribution in [3.8, 4) is 17.4 Å². The zero-order valence-electron chi connectivity index (χ0n) is 26.2. The van der Waals surface area contributed by atoms with E-state index in [4.69, 9.17) is 14.2 Å². The van der Waals surface area contributed by atoms with Crippen LogP contribution in [0.2, 0.25) is 0 Å². The molecule has 3 aromatic carbocycles. The fourth-order valence-electron chi connectivity index (χ4n) is 6.81. The molecular formula is C36H42N2O5S. The summed E-state index contributed by atoms with van der Waals surface area (Å²) in [7, 11) is 0. The van der Waals surface area contributed by atoms with Gasteiger partial charge in [0, 0.05) is 24.6 Å². The molecule has 2 aliphatic rings. The van der Waals surface area contributed by atoms with Crippen molar-refractivity contribution in [2.45, 2.75) is 84.3 Å². The number of aryl methyl sites for hydroxylation is 2. The lowest BCUT2D eigenvalue weighted by molar-refractivity contribution is -0.118. The molecule has 3 atom stereocenters. The molecule has 1 aromatic heterocycles. The molecule has 1 fully saturated rings. The second kappa shape index (κ2) is 12.4. The lowest BCUT2D eigenvalue weighted by Crippen LogP contribution is -2.51. The fraction of sp³-hybridized carbons (Fsp3) is 0.417. The minimum absolute atomic E-state index is 0.0287. The number of ether oxygens (including phenoxy) is 3. The van der Waals surface area contributed by atoms with Crippen molar-refractivity contribution in [2.75, 3.05) is 13.2 Å². The van der Waals surface area contributed by atoms with Crippen LogP contribution in [0.5, 0.6) is 17.4 Å². The van der Waals surface area contributed by atoms with Crippen LogP contribution in [0.15, 0.2) is 65.5 Å². The number of benzene rings is 3. The topological polar surface area (TPSA) is 84.0 Å². The van der Waals surface area contributed by atoms with Crippen LogP contribution in [0.3, 0.4) is 0 Å². The van der Waals surface area contributed by atoms with E-state index < -0.39 is 5.60 Å². The molecule has 1 saturated heterocycles. The maximum absolute atomic E-state index is 11.5. The number of hydrogen-bond acceptors (Lipinski definition) is 7. The normalized spacial score (nSPS) is 19.9. The van der Waals surface area contributed by atoms with Gasteiger partial charge in [-0.2, -0.15) is 0 Å². The lowest BCUT2D eigenvalue weighted by Gasteiger charge is -2.41. The van der Waals surface area contributed by atoms with Gasteiger partial charge in [-0.05, 0) is 87.4 Å². The predicted octanol–water partition coefficient (Wildman–Crippen LogP) is 7.00. The van der Waals surface area contributed by atoms with Crippen LogP contribution in [-0.4, -0.2) is 46.0 Å². The number of aromatic nitrogens is 1. The Bertz CT molecular complexity index is 1660. The average Bonchev–Trinajstić information content (AvgIpc) is 3.67. The van der Waals surface area contributed by atoms with E-state index in [9.17, 15) is 9.90 Å². The van der Waals surface area contributed by atoms with E-state index in [1.165, 1.54) is 22.3 Å². The van der Waals surface area contributed by atoms with E-state index in [1.54, 1.807) is 0 Å². The van der Waals surface area contributed by atoms with Crippen molar-refractivity contribution in [3.05, 3.63) is 109 Å². The largest absolute Gasteiger partial charge is 0.494 e. The number of rotatable bonds is 10.